The van der Waals surface area contributed by atoms with Gasteiger partial charge in [-0.2, -0.15) is 4.98 Å². The fourth-order valence-corrected chi connectivity index (χ4v) is 2.70. The Bertz CT molecular complexity index is 562. The molecule has 0 aromatic carbocycles. The van der Waals surface area contributed by atoms with E-state index in [0.29, 0.717) is 11.7 Å². The molecule has 3 rings (SSSR count). The predicted octanol–water partition coefficient (Wildman–Crippen LogP) is 1.65. The molecular formula is C15H21N5O. The van der Waals surface area contributed by atoms with Gasteiger partial charge >= 0.3 is 0 Å². The highest BCUT2D eigenvalue weighted by atomic mass is 16.5. The fourth-order valence-electron chi connectivity index (χ4n) is 2.70. The summed E-state index contributed by atoms with van der Waals surface area (Å²) < 4.78 is 5.28. The third-order valence-corrected chi connectivity index (χ3v) is 3.98. The van der Waals surface area contributed by atoms with Crippen molar-refractivity contribution in [3.05, 3.63) is 41.8 Å². The first kappa shape index (κ1) is 14.2. The highest BCUT2D eigenvalue weighted by Gasteiger charge is 2.25. The van der Waals surface area contributed by atoms with Gasteiger partial charge in [0.2, 0.25) is 5.89 Å². The van der Waals surface area contributed by atoms with E-state index in [-0.39, 0.29) is 6.04 Å². The fraction of sp³-hybridized carbons (Fsp3) is 0.533. The Morgan fingerprint density at radius 3 is 2.71 bits per heavy atom. The molecule has 21 heavy (non-hydrogen) atoms. The molecule has 0 N–H and O–H groups in total. The first-order chi connectivity index (χ1) is 10.2. The second-order valence-corrected chi connectivity index (χ2v) is 5.53. The van der Waals surface area contributed by atoms with E-state index in [1.54, 1.807) is 0 Å². The normalized spacial score (nSPS) is 18.8. The van der Waals surface area contributed by atoms with Crippen LogP contribution in [0.2, 0.25) is 0 Å². The molecule has 0 spiro atoms. The standard InChI is InChI=1S/C15H21N5O/c1-12(15-17-13(2)18-21-15)20-8-6-19(7-9-20)11-14-4-3-5-16-10-14/h3-5,10,12H,6-9,11H2,1-2H3/t12-/m0/s1. The third kappa shape index (κ3) is 3.46. The molecule has 1 saturated heterocycles. The number of aromatic nitrogens is 3. The number of aryl methyl sites for hydroxylation is 1. The average molecular weight is 287 g/mol. The van der Waals surface area contributed by atoms with Crippen molar-refractivity contribution in [1.29, 1.82) is 0 Å². The first-order valence-corrected chi connectivity index (χ1v) is 7.38. The molecule has 1 fully saturated rings. The zero-order valence-electron chi connectivity index (χ0n) is 12.6. The smallest absolute Gasteiger partial charge is 0.243 e. The van der Waals surface area contributed by atoms with E-state index in [2.05, 4.69) is 37.9 Å². The van der Waals surface area contributed by atoms with Crippen molar-refractivity contribution >= 4 is 0 Å². The highest BCUT2D eigenvalue weighted by molar-refractivity contribution is 5.08. The number of piperazine rings is 1. The topological polar surface area (TPSA) is 58.3 Å². The SMILES string of the molecule is Cc1noc([C@H](C)N2CCN(Cc3cccnc3)CC2)n1. The van der Waals surface area contributed by atoms with E-state index < -0.39 is 0 Å². The maximum Gasteiger partial charge on any atom is 0.243 e. The second-order valence-electron chi connectivity index (χ2n) is 5.53. The van der Waals surface area contributed by atoms with E-state index in [1.165, 1.54) is 5.56 Å². The van der Waals surface area contributed by atoms with E-state index >= 15 is 0 Å². The van der Waals surface area contributed by atoms with Crippen LogP contribution >= 0.6 is 0 Å². The number of nitrogens with zero attached hydrogens (tertiary/aromatic N) is 5. The largest absolute Gasteiger partial charge is 0.338 e. The molecule has 1 atom stereocenters. The van der Waals surface area contributed by atoms with Crippen molar-refractivity contribution in [3.63, 3.8) is 0 Å². The van der Waals surface area contributed by atoms with Crippen LogP contribution < -0.4 is 0 Å². The Labute approximate surface area is 124 Å². The number of hydrogen-bond donors (Lipinski definition) is 0. The van der Waals surface area contributed by atoms with E-state index in [1.807, 2.05) is 25.4 Å². The zero-order chi connectivity index (χ0) is 14.7. The molecule has 1 aliphatic heterocycles. The van der Waals surface area contributed by atoms with Gasteiger partial charge in [0.1, 0.15) is 0 Å². The molecule has 2 aromatic heterocycles. The van der Waals surface area contributed by atoms with Crippen LogP contribution in [0, 0.1) is 6.92 Å². The van der Waals surface area contributed by atoms with Crippen molar-refractivity contribution in [1.82, 2.24) is 24.9 Å². The van der Waals surface area contributed by atoms with E-state index in [0.717, 1.165) is 32.7 Å². The van der Waals surface area contributed by atoms with Crippen molar-refractivity contribution in [3.8, 4) is 0 Å². The monoisotopic (exact) mass is 287 g/mol. The molecule has 0 unspecified atom stereocenters. The Kier molecular flexibility index (Phi) is 4.26. The molecule has 0 radical (unpaired) electrons. The Morgan fingerprint density at radius 1 is 1.29 bits per heavy atom. The minimum atomic E-state index is 0.187. The van der Waals surface area contributed by atoms with Crippen molar-refractivity contribution in [2.24, 2.45) is 0 Å². The van der Waals surface area contributed by atoms with Gasteiger partial charge < -0.3 is 4.52 Å². The van der Waals surface area contributed by atoms with Gasteiger partial charge in [-0.05, 0) is 25.5 Å². The van der Waals surface area contributed by atoms with Gasteiger partial charge in [-0.15, -0.1) is 0 Å². The lowest BCUT2D eigenvalue weighted by atomic mass is 10.2. The van der Waals surface area contributed by atoms with Gasteiger partial charge in [-0.25, -0.2) is 0 Å². The summed E-state index contributed by atoms with van der Waals surface area (Å²) in [6.45, 7) is 9.08. The molecular weight excluding hydrogens is 266 g/mol. The van der Waals surface area contributed by atoms with Crippen molar-refractivity contribution in [2.45, 2.75) is 26.4 Å². The van der Waals surface area contributed by atoms with Crippen LogP contribution in [0.25, 0.3) is 0 Å². The molecule has 6 nitrogen and oxygen atoms in total. The first-order valence-electron chi connectivity index (χ1n) is 7.38. The van der Waals surface area contributed by atoms with Crippen LogP contribution in [-0.4, -0.2) is 51.1 Å². The highest BCUT2D eigenvalue weighted by Crippen LogP contribution is 2.20. The summed E-state index contributed by atoms with van der Waals surface area (Å²) in [5.41, 5.74) is 1.27. The predicted molar refractivity (Wildman–Crippen MR) is 78.5 cm³/mol. The molecule has 6 heteroatoms. The van der Waals surface area contributed by atoms with Crippen LogP contribution in [0.3, 0.4) is 0 Å². The summed E-state index contributed by atoms with van der Waals surface area (Å²) in [4.78, 5) is 13.4. The number of pyridine rings is 1. The minimum absolute atomic E-state index is 0.187. The molecule has 0 saturated carbocycles. The van der Waals surface area contributed by atoms with Crippen molar-refractivity contribution < 1.29 is 4.52 Å². The van der Waals surface area contributed by atoms with Gasteiger partial charge in [0.15, 0.2) is 5.82 Å². The summed E-state index contributed by atoms with van der Waals surface area (Å²) in [7, 11) is 0. The minimum Gasteiger partial charge on any atom is -0.338 e. The maximum atomic E-state index is 5.28. The summed E-state index contributed by atoms with van der Waals surface area (Å²) in [6.07, 6.45) is 3.76. The van der Waals surface area contributed by atoms with Crippen LogP contribution in [0.4, 0.5) is 0 Å². The van der Waals surface area contributed by atoms with E-state index in [4.69, 9.17) is 4.52 Å². The quantitative estimate of drug-likeness (QED) is 0.852. The molecule has 2 aromatic rings. The average Bonchev–Trinajstić information content (AvgIpc) is 2.95. The van der Waals surface area contributed by atoms with Gasteiger partial charge in [0.25, 0.3) is 0 Å². The van der Waals surface area contributed by atoms with E-state index in [9.17, 15) is 0 Å². The molecule has 0 amide bonds. The second kappa shape index (κ2) is 6.32. The lowest BCUT2D eigenvalue weighted by Gasteiger charge is -2.36. The molecule has 0 bridgehead atoms. The van der Waals surface area contributed by atoms with Crippen LogP contribution in [-0.2, 0) is 6.54 Å². The zero-order valence-corrected chi connectivity index (χ0v) is 12.6. The third-order valence-electron chi connectivity index (χ3n) is 3.98. The maximum absolute atomic E-state index is 5.28. The summed E-state index contributed by atoms with van der Waals surface area (Å²) in [5, 5.41) is 3.87. The van der Waals surface area contributed by atoms with Crippen molar-refractivity contribution in [2.75, 3.05) is 26.2 Å². The van der Waals surface area contributed by atoms with Gasteiger partial charge in [0.05, 0.1) is 6.04 Å². The molecule has 3 heterocycles. The summed E-state index contributed by atoms with van der Waals surface area (Å²) >= 11 is 0. The Morgan fingerprint density at radius 2 is 2.10 bits per heavy atom. The van der Waals surface area contributed by atoms with Gasteiger partial charge in [0, 0.05) is 45.1 Å². The van der Waals surface area contributed by atoms with Gasteiger partial charge in [-0.1, -0.05) is 11.2 Å². The molecule has 112 valence electrons. The Hall–Kier alpha value is -1.79. The van der Waals surface area contributed by atoms with Crippen LogP contribution in [0.1, 0.15) is 30.2 Å². The van der Waals surface area contributed by atoms with Crippen LogP contribution in [0.15, 0.2) is 29.0 Å². The molecule has 1 aliphatic rings. The molecule has 0 aliphatic carbocycles. The summed E-state index contributed by atoms with van der Waals surface area (Å²) in [5.74, 6) is 1.42. The van der Waals surface area contributed by atoms with Gasteiger partial charge in [-0.3, -0.25) is 14.8 Å². The number of hydrogen-bond acceptors (Lipinski definition) is 6. The lowest BCUT2D eigenvalue weighted by molar-refractivity contribution is 0.0845. The van der Waals surface area contributed by atoms with Crippen LogP contribution in [0.5, 0.6) is 0 Å². The number of rotatable bonds is 4. The Balaban J connectivity index is 1.53. The lowest BCUT2D eigenvalue weighted by Crippen LogP contribution is -2.46. The summed E-state index contributed by atoms with van der Waals surface area (Å²) in [6, 6.07) is 4.31.